The van der Waals surface area contributed by atoms with E-state index in [0.29, 0.717) is 11.3 Å². The second-order valence-corrected chi connectivity index (χ2v) is 7.51. The maximum atomic E-state index is 12.5. The lowest BCUT2D eigenvalue weighted by Crippen LogP contribution is -2.31. The Kier molecular flexibility index (Phi) is 5.58. The first-order valence-electron chi connectivity index (χ1n) is 10.0. The Balaban J connectivity index is 1.39. The molecule has 29 heavy (non-hydrogen) atoms. The first kappa shape index (κ1) is 19.2. The Hall–Kier alpha value is -3.18. The number of anilines is 1. The van der Waals surface area contributed by atoms with E-state index in [9.17, 15) is 9.59 Å². The molecule has 1 saturated carbocycles. The fourth-order valence-electron chi connectivity index (χ4n) is 3.46. The molecule has 3 N–H and O–H groups in total. The Morgan fingerprint density at radius 1 is 0.966 bits per heavy atom. The van der Waals surface area contributed by atoms with E-state index in [2.05, 4.69) is 40.2 Å². The molecule has 1 aliphatic carbocycles. The summed E-state index contributed by atoms with van der Waals surface area (Å²) >= 11 is 0. The highest BCUT2D eigenvalue weighted by molar-refractivity contribution is 6.04. The molecule has 0 heterocycles. The van der Waals surface area contributed by atoms with Crippen molar-refractivity contribution in [3.63, 3.8) is 0 Å². The highest BCUT2D eigenvalue weighted by Crippen LogP contribution is 2.24. The molecule has 0 spiro atoms. The summed E-state index contributed by atoms with van der Waals surface area (Å²) in [6, 6.07) is 21.8. The topological polar surface area (TPSA) is 70.2 Å². The Morgan fingerprint density at radius 3 is 2.52 bits per heavy atom. The summed E-state index contributed by atoms with van der Waals surface area (Å²) in [6.45, 7) is 2.20. The van der Waals surface area contributed by atoms with Gasteiger partial charge < -0.3 is 16.0 Å². The van der Waals surface area contributed by atoms with Crippen LogP contribution in [0.25, 0.3) is 10.8 Å². The highest BCUT2D eigenvalue weighted by atomic mass is 16.2. The van der Waals surface area contributed by atoms with E-state index >= 15 is 0 Å². The number of carbonyl (C=O) groups is 2. The molecule has 4 rings (SSSR count). The second-order valence-electron chi connectivity index (χ2n) is 7.51. The zero-order valence-electron chi connectivity index (χ0n) is 16.4. The van der Waals surface area contributed by atoms with Crippen molar-refractivity contribution in [1.29, 1.82) is 0 Å². The smallest absolute Gasteiger partial charge is 0.253 e. The standard InChI is InChI=1S/C24H25N3O2/c1-16(19-11-6-8-17-7-2-3-9-20(17)19)25-15-23(28)27-22-12-5-4-10-21(22)24(29)26-18-13-14-18/h2-12,16,18,25H,13-15H2,1H3,(H,26,29)(H,27,28)/t16-/m1/s1. The maximum absolute atomic E-state index is 12.5. The molecule has 3 aromatic carbocycles. The van der Waals surface area contributed by atoms with Crippen molar-refractivity contribution in [2.24, 2.45) is 0 Å². The molecule has 0 radical (unpaired) electrons. The number of carbonyl (C=O) groups excluding carboxylic acids is 2. The molecule has 0 aliphatic heterocycles. The average Bonchev–Trinajstić information content (AvgIpc) is 3.56. The van der Waals surface area contributed by atoms with Gasteiger partial charge in [-0.3, -0.25) is 9.59 Å². The average molecular weight is 387 g/mol. The van der Waals surface area contributed by atoms with Crippen LogP contribution in [0.4, 0.5) is 5.69 Å². The molecule has 2 amide bonds. The molecule has 1 fully saturated rings. The van der Waals surface area contributed by atoms with Crippen LogP contribution in [0, 0.1) is 0 Å². The van der Waals surface area contributed by atoms with Crippen LogP contribution in [-0.2, 0) is 4.79 Å². The van der Waals surface area contributed by atoms with E-state index < -0.39 is 0 Å². The van der Waals surface area contributed by atoms with Gasteiger partial charge in [-0.15, -0.1) is 0 Å². The van der Waals surface area contributed by atoms with Gasteiger partial charge in [-0.05, 0) is 48.2 Å². The van der Waals surface area contributed by atoms with Gasteiger partial charge in [0.2, 0.25) is 5.91 Å². The number of amides is 2. The number of hydrogen-bond acceptors (Lipinski definition) is 3. The van der Waals surface area contributed by atoms with E-state index in [1.54, 1.807) is 18.2 Å². The summed E-state index contributed by atoms with van der Waals surface area (Å²) in [6.07, 6.45) is 2.05. The summed E-state index contributed by atoms with van der Waals surface area (Å²) in [7, 11) is 0. The van der Waals surface area contributed by atoms with Gasteiger partial charge in [0.05, 0.1) is 17.8 Å². The predicted octanol–water partition coefficient (Wildman–Crippen LogP) is 4.02. The lowest BCUT2D eigenvalue weighted by atomic mass is 10.00. The number of para-hydroxylation sites is 1. The van der Waals surface area contributed by atoms with E-state index in [4.69, 9.17) is 0 Å². The van der Waals surface area contributed by atoms with Crippen LogP contribution in [-0.4, -0.2) is 24.4 Å². The van der Waals surface area contributed by atoms with Gasteiger partial charge in [0.1, 0.15) is 0 Å². The molecule has 0 aromatic heterocycles. The molecule has 5 heteroatoms. The van der Waals surface area contributed by atoms with Gasteiger partial charge in [0.25, 0.3) is 5.91 Å². The molecule has 5 nitrogen and oxygen atoms in total. The fraction of sp³-hybridized carbons (Fsp3) is 0.250. The van der Waals surface area contributed by atoms with Crippen molar-refractivity contribution in [2.75, 3.05) is 11.9 Å². The number of rotatable bonds is 7. The van der Waals surface area contributed by atoms with Crippen molar-refractivity contribution < 1.29 is 9.59 Å². The largest absolute Gasteiger partial charge is 0.349 e. The van der Waals surface area contributed by atoms with Gasteiger partial charge in [-0.25, -0.2) is 0 Å². The van der Waals surface area contributed by atoms with Crippen molar-refractivity contribution >= 4 is 28.3 Å². The van der Waals surface area contributed by atoms with Gasteiger partial charge in [-0.1, -0.05) is 54.6 Å². The Bertz CT molecular complexity index is 1040. The first-order valence-corrected chi connectivity index (χ1v) is 10.0. The van der Waals surface area contributed by atoms with E-state index in [0.717, 1.165) is 18.4 Å². The van der Waals surface area contributed by atoms with Crippen molar-refractivity contribution in [3.05, 3.63) is 77.9 Å². The van der Waals surface area contributed by atoms with Gasteiger partial charge in [-0.2, -0.15) is 0 Å². The third-order valence-electron chi connectivity index (χ3n) is 5.22. The minimum atomic E-state index is -0.177. The lowest BCUT2D eigenvalue weighted by molar-refractivity contribution is -0.115. The van der Waals surface area contributed by atoms with E-state index in [1.807, 2.05) is 31.2 Å². The third kappa shape index (κ3) is 4.63. The Labute approximate surface area is 170 Å². The van der Waals surface area contributed by atoms with E-state index in [1.165, 1.54) is 10.8 Å². The summed E-state index contributed by atoms with van der Waals surface area (Å²) in [5.41, 5.74) is 2.19. The normalized spacial score (nSPS) is 14.4. The third-order valence-corrected chi connectivity index (χ3v) is 5.22. The highest BCUT2D eigenvalue weighted by Gasteiger charge is 2.25. The quantitative estimate of drug-likeness (QED) is 0.573. The van der Waals surface area contributed by atoms with Crippen molar-refractivity contribution in [2.45, 2.75) is 31.8 Å². The zero-order valence-corrected chi connectivity index (χ0v) is 16.4. The van der Waals surface area contributed by atoms with Crippen LogP contribution in [0.15, 0.2) is 66.7 Å². The van der Waals surface area contributed by atoms with Crippen LogP contribution in [0.5, 0.6) is 0 Å². The zero-order chi connectivity index (χ0) is 20.2. The summed E-state index contributed by atoms with van der Waals surface area (Å²) in [5, 5.41) is 11.5. The number of fused-ring (bicyclic) bond motifs is 1. The summed E-state index contributed by atoms with van der Waals surface area (Å²) in [4.78, 5) is 24.9. The monoisotopic (exact) mass is 387 g/mol. The summed E-state index contributed by atoms with van der Waals surface area (Å²) < 4.78 is 0. The van der Waals surface area contributed by atoms with Crippen LogP contribution in [0.2, 0.25) is 0 Å². The lowest BCUT2D eigenvalue weighted by Gasteiger charge is -2.17. The van der Waals surface area contributed by atoms with Gasteiger partial charge in [0, 0.05) is 12.1 Å². The molecular weight excluding hydrogens is 362 g/mol. The minimum Gasteiger partial charge on any atom is -0.349 e. The molecule has 0 unspecified atom stereocenters. The summed E-state index contributed by atoms with van der Waals surface area (Å²) in [5.74, 6) is -0.316. The molecule has 1 atom stereocenters. The van der Waals surface area contributed by atoms with Crippen molar-refractivity contribution in [3.8, 4) is 0 Å². The molecule has 3 aromatic rings. The van der Waals surface area contributed by atoms with Crippen LogP contribution in [0.3, 0.4) is 0 Å². The van der Waals surface area contributed by atoms with E-state index in [-0.39, 0.29) is 30.4 Å². The molecule has 148 valence electrons. The van der Waals surface area contributed by atoms with Crippen LogP contribution < -0.4 is 16.0 Å². The second kappa shape index (κ2) is 8.45. The number of nitrogens with one attached hydrogen (secondary N) is 3. The Morgan fingerprint density at radius 2 is 1.69 bits per heavy atom. The minimum absolute atomic E-state index is 0.0141. The first-order chi connectivity index (χ1) is 14.1. The van der Waals surface area contributed by atoms with Crippen LogP contribution in [0.1, 0.15) is 41.7 Å². The molecular formula is C24H25N3O2. The molecule has 0 saturated heterocycles. The maximum Gasteiger partial charge on any atom is 0.253 e. The van der Waals surface area contributed by atoms with Gasteiger partial charge >= 0.3 is 0 Å². The van der Waals surface area contributed by atoms with Crippen molar-refractivity contribution in [1.82, 2.24) is 10.6 Å². The molecule has 1 aliphatic rings. The number of hydrogen-bond donors (Lipinski definition) is 3. The van der Waals surface area contributed by atoms with Crippen LogP contribution >= 0.6 is 0 Å². The number of benzene rings is 3. The SMILES string of the molecule is C[C@@H](NCC(=O)Nc1ccccc1C(=O)NC1CC1)c1cccc2ccccc12. The predicted molar refractivity (Wildman–Crippen MR) is 116 cm³/mol. The van der Waals surface area contributed by atoms with Gasteiger partial charge in [0.15, 0.2) is 0 Å². The fourth-order valence-corrected chi connectivity index (χ4v) is 3.46. The molecule has 0 bridgehead atoms.